The fraction of sp³-hybridized carbons (Fsp3) is 0.348. The first-order valence-electron chi connectivity index (χ1n) is 8.95. The highest BCUT2D eigenvalue weighted by molar-refractivity contribution is 5.80. The molecule has 0 radical (unpaired) electrons. The highest BCUT2D eigenvalue weighted by Crippen LogP contribution is 2.34. The van der Waals surface area contributed by atoms with Crippen molar-refractivity contribution >= 4 is 12.0 Å². The average Bonchev–Trinajstić information content (AvgIpc) is 2.67. The number of nitrogens with zero attached hydrogens (tertiary/aromatic N) is 1. The van der Waals surface area contributed by atoms with Gasteiger partial charge in [-0.3, -0.25) is 4.99 Å². The van der Waals surface area contributed by atoms with E-state index in [9.17, 15) is 0 Å². The molecule has 0 spiro atoms. The topological polar surface area (TPSA) is 40.0 Å². The normalized spacial score (nSPS) is 12.7. The maximum Gasteiger partial charge on any atom is 0.127 e. The van der Waals surface area contributed by atoms with Gasteiger partial charge in [0.15, 0.2) is 0 Å². The molecule has 0 fully saturated rings. The first kappa shape index (κ1) is 20.6. The maximum atomic E-state index is 5.79. The molecule has 0 bridgehead atoms. The zero-order chi connectivity index (χ0) is 19.9. The average molecular weight is 367 g/mol. The number of aliphatic imine (C=N–C) groups is 1. The van der Waals surface area contributed by atoms with Crippen molar-refractivity contribution in [3.8, 4) is 11.5 Å². The molecule has 0 aromatic heterocycles. The smallest absolute Gasteiger partial charge is 0.127 e. The van der Waals surface area contributed by atoms with Crippen LogP contribution in [-0.4, -0.2) is 34.1 Å². The van der Waals surface area contributed by atoms with Crippen molar-refractivity contribution in [2.75, 3.05) is 27.9 Å². The molecule has 27 heavy (non-hydrogen) atoms. The Bertz CT molecular complexity index is 799. The Labute approximate surface area is 162 Å². The Morgan fingerprint density at radius 3 is 2.15 bits per heavy atom. The highest BCUT2D eigenvalue weighted by atomic mass is 16.5. The summed E-state index contributed by atoms with van der Waals surface area (Å²) in [7, 11) is 5.03. The molecule has 0 atom stereocenters. The van der Waals surface area contributed by atoms with Crippen molar-refractivity contribution in [1.29, 1.82) is 0 Å². The van der Waals surface area contributed by atoms with E-state index in [1.807, 2.05) is 54.7 Å². The van der Waals surface area contributed by atoms with Crippen LogP contribution in [0.2, 0.25) is 0 Å². The quantitative estimate of drug-likeness (QED) is 0.497. The number of hydrogen-bond donors (Lipinski definition) is 0. The van der Waals surface area contributed by atoms with E-state index in [4.69, 9.17) is 14.2 Å². The molecule has 2 aromatic carbocycles. The molecule has 2 rings (SSSR count). The van der Waals surface area contributed by atoms with Crippen molar-refractivity contribution in [1.82, 2.24) is 0 Å². The van der Waals surface area contributed by atoms with Crippen LogP contribution in [0.25, 0.3) is 5.76 Å². The molecule has 0 saturated heterocycles. The van der Waals surface area contributed by atoms with Gasteiger partial charge in [0.05, 0.1) is 27.9 Å². The van der Waals surface area contributed by atoms with Crippen LogP contribution in [0.5, 0.6) is 11.5 Å². The summed E-state index contributed by atoms with van der Waals surface area (Å²) >= 11 is 0. The third kappa shape index (κ3) is 5.61. The predicted molar refractivity (Wildman–Crippen MR) is 112 cm³/mol. The minimum absolute atomic E-state index is 0.0916. The van der Waals surface area contributed by atoms with Gasteiger partial charge in [-0.25, -0.2) is 0 Å². The van der Waals surface area contributed by atoms with Crippen LogP contribution in [0.3, 0.4) is 0 Å². The Hall–Kier alpha value is -2.75. The second-order valence-electron chi connectivity index (χ2n) is 7.24. The minimum atomic E-state index is -0.0916. The lowest BCUT2D eigenvalue weighted by Crippen LogP contribution is -2.15. The molecule has 144 valence electrons. The lowest BCUT2D eigenvalue weighted by Gasteiger charge is -2.25. The molecule has 0 aliphatic rings. The number of benzene rings is 2. The zero-order valence-corrected chi connectivity index (χ0v) is 17.1. The summed E-state index contributed by atoms with van der Waals surface area (Å²) < 4.78 is 16.3. The van der Waals surface area contributed by atoms with Gasteiger partial charge < -0.3 is 14.2 Å². The van der Waals surface area contributed by atoms with Crippen LogP contribution in [-0.2, 0) is 4.74 Å². The molecule has 0 saturated carbocycles. The Balaban J connectivity index is 2.34. The first-order chi connectivity index (χ1) is 12.9. The van der Waals surface area contributed by atoms with Crippen LogP contribution in [0.15, 0.2) is 59.1 Å². The Kier molecular flexibility index (Phi) is 7.05. The lowest BCUT2D eigenvalue weighted by molar-refractivity contribution is 0.351. The van der Waals surface area contributed by atoms with Gasteiger partial charge in [-0.05, 0) is 52.9 Å². The first-order valence-corrected chi connectivity index (χ1v) is 8.95. The molecule has 2 aromatic rings. The Morgan fingerprint density at radius 2 is 1.59 bits per heavy atom. The van der Waals surface area contributed by atoms with Gasteiger partial charge in [0.1, 0.15) is 17.3 Å². The maximum absolute atomic E-state index is 5.79. The van der Waals surface area contributed by atoms with E-state index >= 15 is 0 Å². The highest BCUT2D eigenvalue weighted by Gasteiger charge is 2.23. The molecular formula is C23H29NO3. The number of hydrogen-bond acceptors (Lipinski definition) is 4. The van der Waals surface area contributed by atoms with Gasteiger partial charge in [0.2, 0.25) is 0 Å². The van der Waals surface area contributed by atoms with Crippen LogP contribution in [0, 0.1) is 5.41 Å². The molecule has 0 heterocycles. The van der Waals surface area contributed by atoms with E-state index in [0.717, 1.165) is 34.0 Å². The van der Waals surface area contributed by atoms with Crippen LogP contribution in [0.4, 0.5) is 0 Å². The molecule has 0 aliphatic carbocycles. The molecule has 4 heteroatoms. The van der Waals surface area contributed by atoms with Crippen LogP contribution in [0.1, 0.15) is 31.9 Å². The number of ether oxygens (including phenoxy) is 3. The molecular weight excluding hydrogens is 338 g/mol. The fourth-order valence-corrected chi connectivity index (χ4v) is 2.76. The van der Waals surface area contributed by atoms with Gasteiger partial charge in [0.25, 0.3) is 0 Å². The molecule has 0 unspecified atom stereocenters. The van der Waals surface area contributed by atoms with Gasteiger partial charge >= 0.3 is 0 Å². The van der Waals surface area contributed by atoms with Gasteiger partial charge in [0, 0.05) is 11.8 Å². The van der Waals surface area contributed by atoms with Crippen molar-refractivity contribution in [2.45, 2.75) is 20.8 Å². The third-order valence-corrected chi connectivity index (χ3v) is 4.32. The van der Waals surface area contributed by atoms with E-state index < -0.39 is 0 Å². The van der Waals surface area contributed by atoms with Crippen molar-refractivity contribution in [3.05, 3.63) is 65.2 Å². The van der Waals surface area contributed by atoms with Crippen LogP contribution >= 0.6 is 0 Å². The summed E-state index contributed by atoms with van der Waals surface area (Å²) in [5.74, 6) is 2.48. The summed E-state index contributed by atoms with van der Waals surface area (Å²) in [4.78, 5) is 4.67. The predicted octanol–water partition coefficient (Wildman–Crippen LogP) is 5.23. The fourth-order valence-electron chi connectivity index (χ4n) is 2.76. The molecule has 0 amide bonds. The molecule has 0 aliphatic heterocycles. The van der Waals surface area contributed by atoms with Crippen molar-refractivity contribution in [2.24, 2.45) is 10.4 Å². The summed E-state index contributed by atoms with van der Waals surface area (Å²) in [6, 6.07) is 15.7. The van der Waals surface area contributed by atoms with Gasteiger partial charge in [-0.1, -0.05) is 32.9 Å². The largest absolute Gasteiger partial charge is 0.497 e. The van der Waals surface area contributed by atoms with E-state index in [2.05, 4.69) is 25.8 Å². The van der Waals surface area contributed by atoms with Crippen molar-refractivity contribution < 1.29 is 14.2 Å². The molecule has 0 N–H and O–H groups in total. The second kappa shape index (κ2) is 9.26. The van der Waals surface area contributed by atoms with Gasteiger partial charge in [-0.2, -0.15) is 0 Å². The summed E-state index contributed by atoms with van der Waals surface area (Å²) in [6.07, 6.45) is 1.88. The monoisotopic (exact) mass is 367 g/mol. The zero-order valence-electron chi connectivity index (χ0n) is 17.1. The second-order valence-corrected chi connectivity index (χ2v) is 7.24. The van der Waals surface area contributed by atoms with Crippen LogP contribution < -0.4 is 9.47 Å². The lowest BCUT2D eigenvalue weighted by atomic mass is 9.84. The third-order valence-electron chi connectivity index (χ3n) is 4.32. The summed E-state index contributed by atoms with van der Waals surface area (Å²) in [6.45, 7) is 7.06. The summed E-state index contributed by atoms with van der Waals surface area (Å²) in [5.41, 5.74) is 3.06. The van der Waals surface area contributed by atoms with E-state index in [-0.39, 0.29) is 5.41 Å². The van der Waals surface area contributed by atoms with Crippen molar-refractivity contribution in [3.63, 3.8) is 0 Å². The SMILES string of the molecule is CO/C(=C(/CN=Cc1ccc(OC)cc1)C(C)(C)C)c1cccc(OC)c1. The standard InChI is InChI=1S/C23H29NO3/c1-23(2,3)21(16-24-15-17-10-12-19(25-4)13-11-17)22(27-6)18-8-7-9-20(14-18)26-5/h7-15H,16H2,1-6H3/b22-21-,24-15?. The summed E-state index contributed by atoms with van der Waals surface area (Å²) in [5, 5.41) is 0. The number of rotatable bonds is 7. The Morgan fingerprint density at radius 1 is 0.926 bits per heavy atom. The van der Waals surface area contributed by atoms with Gasteiger partial charge in [-0.15, -0.1) is 0 Å². The molecule has 4 nitrogen and oxygen atoms in total. The van der Waals surface area contributed by atoms with E-state index in [0.29, 0.717) is 6.54 Å². The van der Waals surface area contributed by atoms with E-state index in [1.54, 1.807) is 21.3 Å². The minimum Gasteiger partial charge on any atom is -0.497 e. The van der Waals surface area contributed by atoms with E-state index in [1.165, 1.54) is 0 Å². The number of methoxy groups -OCH3 is 3.